The van der Waals surface area contributed by atoms with Crippen molar-refractivity contribution in [2.75, 3.05) is 12.5 Å². The molecule has 0 aliphatic heterocycles. The van der Waals surface area contributed by atoms with Crippen LogP contribution in [0, 0.1) is 0 Å². The van der Waals surface area contributed by atoms with Crippen molar-refractivity contribution in [1.29, 1.82) is 0 Å². The minimum Gasteiger partial charge on any atom is -0.781 e. The number of rotatable bonds is 3. The van der Waals surface area contributed by atoms with Crippen LogP contribution in [0.25, 0.3) is 0 Å². The van der Waals surface area contributed by atoms with Gasteiger partial charge in [-0.25, -0.2) is 0 Å². The first-order chi connectivity index (χ1) is 3.27. The van der Waals surface area contributed by atoms with Gasteiger partial charge in [0.1, 0.15) is 8.25 Å². The number of hydrogen-bond donors (Lipinski definition) is 0. The first-order valence-electron chi connectivity index (χ1n) is 1.67. The molecule has 0 saturated heterocycles. The summed E-state index contributed by atoms with van der Waals surface area (Å²) in [7, 11) is -2.98. The van der Waals surface area contributed by atoms with Crippen LogP contribution in [-0.2, 0) is 26.2 Å². The van der Waals surface area contributed by atoms with Crippen molar-refractivity contribution in [1.82, 2.24) is 0 Å². The molecule has 6 heteroatoms. The van der Waals surface area contributed by atoms with Gasteiger partial charge in [0, 0.05) is 5.88 Å². The Balaban J connectivity index is 0. The fourth-order valence-corrected chi connectivity index (χ4v) is 0.597. The van der Waals surface area contributed by atoms with E-state index >= 15 is 0 Å². The zero-order chi connectivity index (χ0) is 5.70. The largest absolute Gasteiger partial charge is 1.00 e. The Morgan fingerprint density at radius 1 is 1.75 bits per heavy atom. The molecule has 0 aromatic heterocycles. The second kappa shape index (κ2) is 7.96. The normalized spacial score (nSPS) is 12.2. The van der Waals surface area contributed by atoms with Crippen molar-refractivity contribution in [3.05, 3.63) is 0 Å². The van der Waals surface area contributed by atoms with E-state index in [1.807, 2.05) is 0 Å². The van der Waals surface area contributed by atoms with Crippen molar-refractivity contribution in [3.8, 4) is 0 Å². The molecule has 8 heavy (non-hydrogen) atoms. The van der Waals surface area contributed by atoms with Crippen LogP contribution in [0.3, 0.4) is 0 Å². The average Bonchev–Trinajstić information content (AvgIpc) is 1.61. The summed E-state index contributed by atoms with van der Waals surface area (Å²) in [4.78, 5) is 9.55. The SMILES string of the molecule is O=[PH]([O-])OCCCl.[Cu+]. The first-order valence-corrected chi connectivity index (χ1v) is 3.43. The van der Waals surface area contributed by atoms with Crippen molar-refractivity contribution in [2.45, 2.75) is 0 Å². The second-order valence-electron chi connectivity index (χ2n) is 0.787. The van der Waals surface area contributed by atoms with Gasteiger partial charge in [0.2, 0.25) is 0 Å². The van der Waals surface area contributed by atoms with Gasteiger partial charge in [-0.15, -0.1) is 11.6 Å². The molecule has 0 rings (SSSR count). The summed E-state index contributed by atoms with van der Waals surface area (Å²) in [6.07, 6.45) is 0. The third-order valence-electron chi connectivity index (χ3n) is 0.297. The van der Waals surface area contributed by atoms with Crippen LogP contribution in [0.2, 0.25) is 0 Å². The van der Waals surface area contributed by atoms with Gasteiger partial charge in [-0.1, -0.05) is 0 Å². The fraction of sp³-hybridized carbons (Fsp3) is 1.00. The molecule has 0 aliphatic rings. The van der Waals surface area contributed by atoms with E-state index in [9.17, 15) is 9.46 Å². The number of hydrogen-bond acceptors (Lipinski definition) is 3. The zero-order valence-corrected chi connectivity index (χ0v) is 6.52. The van der Waals surface area contributed by atoms with Crippen molar-refractivity contribution in [3.63, 3.8) is 0 Å². The van der Waals surface area contributed by atoms with Gasteiger partial charge in [-0.2, -0.15) is 0 Å². The van der Waals surface area contributed by atoms with Gasteiger partial charge >= 0.3 is 17.1 Å². The minimum atomic E-state index is -2.98. The Kier molecular flexibility index (Phi) is 11.7. The van der Waals surface area contributed by atoms with Gasteiger partial charge in [0.05, 0.1) is 6.61 Å². The predicted octanol–water partition coefficient (Wildman–Crippen LogP) is -0.0107. The molecule has 1 unspecified atom stereocenters. The molecule has 0 saturated carbocycles. The van der Waals surface area contributed by atoms with Gasteiger partial charge < -0.3 is 14.0 Å². The summed E-state index contributed by atoms with van der Waals surface area (Å²) in [5, 5.41) is 0. The van der Waals surface area contributed by atoms with Crippen LogP contribution >= 0.6 is 19.9 Å². The Morgan fingerprint density at radius 3 is 2.38 bits per heavy atom. The summed E-state index contributed by atoms with van der Waals surface area (Å²) in [6.45, 7) is 0.0862. The molecule has 0 bridgehead atoms. The molecule has 0 fully saturated rings. The monoisotopic (exact) mass is 206 g/mol. The van der Waals surface area contributed by atoms with Gasteiger partial charge in [0.25, 0.3) is 0 Å². The maximum atomic E-state index is 9.55. The molecule has 54 valence electrons. The summed E-state index contributed by atoms with van der Waals surface area (Å²) in [5.41, 5.74) is 0. The molecular formula is C2H5ClCuO3P. The number of halogens is 1. The Hall–Kier alpha value is 0.959. The summed E-state index contributed by atoms with van der Waals surface area (Å²) >= 11 is 5.06. The van der Waals surface area contributed by atoms with E-state index in [-0.39, 0.29) is 29.6 Å². The van der Waals surface area contributed by atoms with Crippen LogP contribution in [0.1, 0.15) is 0 Å². The Morgan fingerprint density at radius 2 is 2.25 bits per heavy atom. The van der Waals surface area contributed by atoms with Gasteiger partial charge in [0.15, 0.2) is 0 Å². The molecule has 0 N–H and O–H groups in total. The smallest absolute Gasteiger partial charge is 0.781 e. The standard InChI is InChI=1S/C2H6ClO3P.Cu/c3-1-2-6-7(4)5;/h7H,1-2H2,(H,4,5);/q;+1/p-1. The van der Waals surface area contributed by atoms with E-state index in [4.69, 9.17) is 11.6 Å². The summed E-state index contributed by atoms with van der Waals surface area (Å²) in [5.74, 6) is 0.221. The Bertz CT molecular complexity index is 70.3. The van der Waals surface area contributed by atoms with Gasteiger partial charge in [-0.3, -0.25) is 0 Å². The topological polar surface area (TPSA) is 49.4 Å². The van der Waals surface area contributed by atoms with Crippen molar-refractivity contribution >= 4 is 19.9 Å². The first kappa shape index (κ1) is 11.7. The quantitative estimate of drug-likeness (QED) is 0.371. The molecule has 0 aromatic carbocycles. The average molecular weight is 207 g/mol. The molecule has 0 aliphatic carbocycles. The van der Waals surface area contributed by atoms with Crippen LogP contribution in [0.15, 0.2) is 0 Å². The van der Waals surface area contributed by atoms with Crippen molar-refractivity contribution < 1.29 is 31.1 Å². The third kappa shape index (κ3) is 10.0. The number of alkyl halides is 1. The third-order valence-corrected chi connectivity index (χ3v) is 0.891. The molecule has 0 amide bonds. The van der Waals surface area contributed by atoms with E-state index < -0.39 is 8.25 Å². The van der Waals surface area contributed by atoms with E-state index in [0.29, 0.717) is 0 Å². The minimum absolute atomic E-state index is 0. The summed E-state index contributed by atoms with van der Waals surface area (Å²) in [6, 6.07) is 0. The molecule has 0 heterocycles. The molecule has 0 aromatic rings. The van der Waals surface area contributed by atoms with Crippen LogP contribution < -0.4 is 4.89 Å². The van der Waals surface area contributed by atoms with E-state index in [1.54, 1.807) is 0 Å². The second-order valence-corrected chi connectivity index (χ2v) is 1.95. The predicted molar refractivity (Wildman–Crippen MR) is 25.7 cm³/mol. The molecular weight excluding hydrogens is 202 g/mol. The maximum Gasteiger partial charge on any atom is 1.00 e. The van der Waals surface area contributed by atoms with E-state index in [2.05, 4.69) is 4.52 Å². The molecule has 0 radical (unpaired) electrons. The molecule has 3 nitrogen and oxygen atoms in total. The van der Waals surface area contributed by atoms with Gasteiger partial charge in [-0.05, 0) is 0 Å². The van der Waals surface area contributed by atoms with Crippen LogP contribution in [0.5, 0.6) is 0 Å². The molecule has 0 spiro atoms. The van der Waals surface area contributed by atoms with Crippen LogP contribution in [-0.4, -0.2) is 12.5 Å². The van der Waals surface area contributed by atoms with Crippen LogP contribution in [0.4, 0.5) is 0 Å². The van der Waals surface area contributed by atoms with E-state index in [0.717, 1.165) is 0 Å². The van der Waals surface area contributed by atoms with E-state index in [1.165, 1.54) is 0 Å². The maximum absolute atomic E-state index is 9.55. The summed E-state index contributed by atoms with van der Waals surface area (Å²) < 4.78 is 13.6. The fourth-order valence-electron chi connectivity index (χ4n) is 0.122. The van der Waals surface area contributed by atoms with Crippen molar-refractivity contribution in [2.24, 2.45) is 0 Å². The molecule has 1 atom stereocenters. The Labute approximate surface area is 63.8 Å². The zero-order valence-electron chi connectivity index (χ0n) is 3.82.